The van der Waals surface area contributed by atoms with Gasteiger partial charge in [-0.2, -0.15) is 4.31 Å². The Balaban J connectivity index is 1.33. The summed E-state index contributed by atoms with van der Waals surface area (Å²) in [5.74, 6) is -0.777. The molecule has 1 saturated heterocycles. The van der Waals surface area contributed by atoms with Gasteiger partial charge >= 0.3 is 0 Å². The Morgan fingerprint density at radius 2 is 1.86 bits per heavy atom. The Labute approximate surface area is 210 Å². The van der Waals surface area contributed by atoms with Crippen molar-refractivity contribution >= 4 is 44.0 Å². The molecule has 0 bridgehead atoms. The zero-order chi connectivity index (χ0) is 25.4. The van der Waals surface area contributed by atoms with Gasteiger partial charge in [0, 0.05) is 41.6 Å². The minimum atomic E-state index is -3.74. The van der Waals surface area contributed by atoms with Crippen LogP contribution in [0.5, 0.6) is 0 Å². The fourth-order valence-electron chi connectivity index (χ4n) is 4.54. The van der Waals surface area contributed by atoms with Crippen molar-refractivity contribution in [1.82, 2.24) is 19.3 Å². The molecule has 5 rings (SSSR count). The van der Waals surface area contributed by atoms with Crippen LogP contribution in [0.15, 0.2) is 58.8 Å². The number of hydrogen-bond acceptors (Lipinski definition) is 8. The van der Waals surface area contributed by atoms with Crippen molar-refractivity contribution in [2.75, 3.05) is 13.1 Å². The number of carbonyl (C=O) groups is 1. The molecule has 0 unspecified atom stereocenters. The van der Waals surface area contributed by atoms with Crippen LogP contribution < -0.4 is 5.73 Å². The lowest BCUT2D eigenvalue weighted by Gasteiger charge is -2.30. The number of aromatic nitrogens is 3. The maximum atomic E-state index is 13.3. The maximum Gasteiger partial charge on any atom is 0.273 e. The number of carbonyl (C=O) groups excluding carboxylic acids is 1. The predicted octanol–water partition coefficient (Wildman–Crippen LogP) is 3.12. The van der Waals surface area contributed by atoms with Gasteiger partial charge in [0.15, 0.2) is 0 Å². The first-order valence-electron chi connectivity index (χ1n) is 11.2. The van der Waals surface area contributed by atoms with E-state index in [1.54, 1.807) is 6.07 Å². The van der Waals surface area contributed by atoms with Crippen LogP contribution in [-0.4, -0.2) is 51.6 Å². The molecule has 4 aromatic rings. The van der Waals surface area contributed by atoms with Gasteiger partial charge in [-0.05, 0) is 43.2 Å². The number of para-hydroxylation sites is 1. The van der Waals surface area contributed by atoms with Crippen molar-refractivity contribution in [1.29, 1.82) is 0 Å². The molecule has 11 nitrogen and oxygen atoms in total. The first-order valence-corrected chi connectivity index (χ1v) is 13.5. The highest BCUT2D eigenvalue weighted by Gasteiger charge is 2.32. The quantitative estimate of drug-likeness (QED) is 0.287. The summed E-state index contributed by atoms with van der Waals surface area (Å²) in [5.41, 5.74) is 7.13. The second-order valence-corrected chi connectivity index (χ2v) is 11.8. The van der Waals surface area contributed by atoms with E-state index in [9.17, 15) is 23.3 Å². The molecule has 2 aromatic heterocycles. The zero-order valence-electron chi connectivity index (χ0n) is 19.0. The minimum Gasteiger partial charge on any atom is -0.366 e. The molecule has 1 aliphatic heterocycles. The molecule has 0 atom stereocenters. The van der Waals surface area contributed by atoms with Crippen molar-refractivity contribution in [3.05, 3.63) is 80.7 Å². The molecule has 0 radical (unpaired) electrons. The Morgan fingerprint density at radius 3 is 2.58 bits per heavy atom. The largest absolute Gasteiger partial charge is 0.366 e. The number of rotatable bonds is 7. The van der Waals surface area contributed by atoms with Gasteiger partial charge < -0.3 is 5.73 Å². The van der Waals surface area contributed by atoms with Crippen LogP contribution in [0.25, 0.3) is 11.0 Å². The van der Waals surface area contributed by atoms with Crippen molar-refractivity contribution in [3.63, 3.8) is 0 Å². The van der Waals surface area contributed by atoms with Gasteiger partial charge in [-0.25, -0.2) is 13.1 Å². The number of piperidine rings is 1. The number of sulfonamides is 1. The van der Waals surface area contributed by atoms with Crippen LogP contribution in [-0.2, 0) is 16.4 Å². The van der Waals surface area contributed by atoms with Crippen LogP contribution >= 0.6 is 11.3 Å². The first-order chi connectivity index (χ1) is 17.3. The molecule has 1 fully saturated rings. The van der Waals surface area contributed by atoms with E-state index < -0.39 is 20.9 Å². The molecule has 2 aromatic carbocycles. The summed E-state index contributed by atoms with van der Waals surface area (Å²) in [5, 5.41) is 19.9. The number of nitrogens with two attached hydrogens (primary N) is 1. The van der Waals surface area contributed by atoms with Gasteiger partial charge in [0.25, 0.3) is 15.7 Å². The van der Waals surface area contributed by atoms with E-state index in [2.05, 4.69) is 10.3 Å². The Kier molecular flexibility index (Phi) is 6.28. The lowest BCUT2D eigenvalue weighted by atomic mass is 10.0. The predicted molar refractivity (Wildman–Crippen MR) is 133 cm³/mol. The highest BCUT2D eigenvalue weighted by Crippen LogP contribution is 2.33. The van der Waals surface area contributed by atoms with Gasteiger partial charge in [-0.1, -0.05) is 23.4 Å². The zero-order valence-corrected chi connectivity index (χ0v) is 20.6. The van der Waals surface area contributed by atoms with Gasteiger partial charge in [0.2, 0.25) is 5.91 Å². The normalized spacial score (nSPS) is 15.3. The highest BCUT2D eigenvalue weighted by molar-refractivity contribution is 7.91. The van der Waals surface area contributed by atoms with Gasteiger partial charge in [-0.15, -0.1) is 16.4 Å². The topological polar surface area (TPSA) is 154 Å². The second-order valence-electron chi connectivity index (χ2n) is 8.48. The SMILES string of the molecule is NC(=O)c1cccc([N+](=O)[O-])c1Cc1ccc(S(=O)(=O)N2CCC(n3nnc4ccccc43)CC2)s1. The van der Waals surface area contributed by atoms with Gasteiger partial charge in [-0.3, -0.25) is 14.9 Å². The number of amides is 1. The van der Waals surface area contributed by atoms with Crippen LogP contribution in [0.1, 0.15) is 39.7 Å². The summed E-state index contributed by atoms with van der Waals surface area (Å²) in [7, 11) is -3.74. The van der Waals surface area contributed by atoms with Gasteiger partial charge in [0.05, 0.1) is 16.5 Å². The van der Waals surface area contributed by atoms with Crippen molar-refractivity contribution in [2.24, 2.45) is 5.73 Å². The number of hydrogen-bond donors (Lipinski definition) is 1. The summed E-state index contributed by atoms with van der Waals surface area (Å²) in [6.45, 7) is 0.675. The van der Waals surface area contributed by atoms with Crippen LogP contribution in [0.4, 0.5) is 5.69 Å². The monoisotopic (exact) mass is 526 g/mol. The average Bonchev–Trinajstić information content (AvgIpc) is 3.52. The number of nitrogens with zero attached hydrogens (tertiary/aromatic N) is 5. The Morgan fingerprint density at radius 1 is 1.11 bits per heavy atom. The third-order valence-corrected chi connectivity index (χ3v) is 9.79. The summed E-state index contributed by atoms with van der Waals surface area (Å²) < 4.78 is 30.1. The van der Waals surface area contributed by atoms with Crippen LogP contribution in [0.3, 0.4) is 0 Å². The molecular weight excluding hydrogens is 504 g/mol. The Bertz CT molecular complexity index is 1540. The molecular formula is C23H22N6O5S2. The maximum absolute atomic E-state index is 13.3. The molecule has 186 valence electrons. The fourth-order valence-corrected chi connectivity index (χ4v) is 7.53. The van der Waals surface area contributed by atoms with E-state index >= 15 is 0 Å². The Hall–Kier alpha value is -3.68. The molecule has 0 spiro atoms. The number of primary amides is 1. The lowest BCUT2D eigenvalue weighted by Crippen LogP contribution is -2.38. The summed E-state index contributed by atoms with van der Waals surface area (Å²) in [4.78, 5) is 23.3. The van der Waals surface area contributed by atoms with E-state index in [1.165, 1.54) is 28.6 Å². The number of fused-ring (bicyclic) bond motifs is 1. The molecule has 0 saturated carbocycles. The van der Waals surface area contributed by atoms with Crippen LogP contribution in [0.2, 0.25) is 0 Å². The standard InChI is InChI=1S/C23H22N6O5S2/c24-23(30)17-4-3-7-20(29(31)32)18(17)14-16-8-9-22(35-16)36(33,34)27-12-10-15(11-13-27)28-21-6-2-1-5-19(21)25-26-28/h1-9,15H,10-14H2,(H2,24,30). The van der Waals surface area contributed by atoms with E-state index in [-0.39, 0.29) is 33.5 Å². The number of thiophene rings is 1. The van der Waals surface area contributed by atoms with Crippen molar-refractivity contribution in [2.45, 2.75) is 29.5 Å². The van der Waals surface area contributed by atoms with E-state index in [0.717, 1.165) is 22.4 Å². The summed E-state index contributed by atoms with van der Waals surface area (Å²) in [6.07, 6.45) is 1.23. The molecule has 36 heavy (non-hydrogen) atoms. The van der Waals surface area contributed by atoms with Crippen molar-refractivity contribution < 1.29 is 18.1 Å². The van der Waals surface area contributed by atoms with E-state index in [0.29, 0.717) is 30.8 Å². The molecule has 1 aliphatic rings. The van der Waals surface area contributed by atoms with Crippen molar-refractivity contribution in [3.8, 4) is 0 Å². The third-order valence-electron chi connectivity index (χ3n) is 6.34. The number of benzene rings is 2. The summed E-state index contributed by atoms with van der Waals surface area (Å²) in [6, 6.07) is 15.0. The molecule has 13 heteroatoms. The third kappa shape index (κ3) is 4.36. The highest BCUT2D eigenvalue weighted by atomic mass is 32.2. The molecule has 2 N–H and O–H groups in total. The van der Waals surface area contributed by atoms with Gasteiger partial charge in [0.1, 0.15) is 9.73 Å². The molecule has 0 aliphatic carbocycles. The second kappa shape index (κ2) is 9.41. The minimum absolute atomic E-state index is 0.0249. The van der Waals surface area contributed by atoms with E-state index in [1.807, 2.05) is 28.9 Å². The average molecular weight is 527 g/mol. The van der Waals surface area contributed by atoms with Crippen LogP contribution in [0, 0.1) is 10.1 Å². The summed E-state index contributed by atoms with van der Waals surface area (Å²) >= 11 is 1.04. The smallest absolute Gasteiger partial charge is 0.273 e. The molecule has 1 amide bonds. The molecule has 3 heterocycles. The fraction of sp³-hybridized carbons (Fsp3) is 0.261. The first kappa shape index (κ1) is 24.0. The van der Waals surface area contributed by atoms with E-state index in [4.69, 9.17) is 5.73 Å². The lowest BCUT2D eigenvalue weighted by molar-refractivity contribution is -0.385. The number of nitro groups is 1. The number of nitro benzene ring substituents is 1.